The summed E-state index contributed by atoms with van der Waals surface area (Å²) in [7, 11) is 0. The number of halogens is 2. The number of benzene rings is 3. The summed E-state index contributed by atoms with van der Waals surface area (Å²) in [4.78, 5) is 11.9. The first-order chi connectivity index (χ1) is 12.1. The van der Waals surface area contributed by atoms with Crippen molar-refractivity contribution in [3.8, 4) is 0 Å². The summed E-state index contributed by atoms with van der Waals surface area (Å²) in [6.45, 7) is 0.457. The minimum absolute atomic E-state index is 0.289. The summed E-state index contributed by atoms with van der Waals surface area (Å²) in [5.41, 5.74) is 8.61. The number of primary amides is 1. The lowest BCUT2D eigenvalue weighted by Gasteiger charge is -2.10. The first-order valence-electron chi connectivity index (χ1n) is 7.71. The molecule has 1 amide bonds. The quantitative estimate of drug-likeness (QED) is 0.539. The zero-order chi connectivity index (χ0) is 17.6. The van der Waals surface area contributed by atoms with E-state index in [1.54, 1.807) is 18.2 Å². The number of carbonyl (C=O) groups excluding carboxylic acids is 1. The van der Waals surface area contributed by atoms with E-state index in [0.29, 0.717) is 12.1 Å². The molecule has 0 saturated heterocycles. The number of hydrogen-bond acceptors (Lipinski definition) is 1. The van der Waals surface area contributed by atoms with Crippen molar-refractivity contribution in [1.29, 1.82) is 0 Å². The van der Waals surface area contributed by atoms with E-state index in [4.69, 9.17) is 5.73 Å². The van der Waals surface area contributed by atoms with Crippen LogP contribution in [0.1, 0.15) is 15.9 Å². The first-order valence-corrected chi connectivity index (χ1v) is 8.51. The lowest BCUT2D eigenvalue weighted by molar-refractivity contribution is 0.100. The molecule has 3 nitrogen and oxygen atoms in total. The van der Waals surface area contributed by atoms with Crippen molar-refractivity contribution in [2.24, 2.45) is 5.73 Å². The second kappa shape index (κ2) is 6.01. The maximum atomic E-state index is 13.7. The fourth-order valence-electron chi connectivity index (χ4n) is 3.22. The molecule has 4 rings (SSSR count). The minimum atomic E-state index is -0.478. The third-order valence-electron chi connectivity index (χ3n) is 4.31. The molecular formula is C20H13BrFN2O. The Morgan fingerprint density at radius 1 is 1.16 bits per heavy atom. The van der Waals surface area contributed by atoms with Gasteiger partial charge in [0.25, 0.3) is 0 Å². The van der Waals surface area contributed by atoms with E-state index in [1.807, 2.05) is 28.8 Å². The zero-order valence-corrected chi connectivity index (χ0v) is 14.7. The molecule has 0 unspecified atom stereocenters. The minimum Gasteiger partial charge on any atom is -0.366 e. The highest BCUT2D eigenvalue weighted by atomic mass is 79.9. The van der Waals surface area contributed by atoms with Crippen LogP contribution < -0.4 is 5.73 Å². The van der Waals surface area contributed by atoms with Crippen LogP contribution in [0.25, 0.3) is 21.8 Å². The zero-order valence-electron chi connectivity index (χ0n) is 13.1. The third-order valence-corrected chi connectivity index (χ3v) is 5.08. The van der Waals surface area contributed by atoms with Crippen LogP contribution >= 0.6 is 15.9 Å². The van der Waals surface area contributed by atoms with Gasteiger partial charge in [0.2, 0.25) is 5.91 Å². The number of fused-ring (bicyclic) bond motifs is 3. The average Bonchev–Trinajstić information content (AvgIpc) is 2.92. The normalized spacial score (nSPS) is 11.3. The molecule has 25 heavy (non-hydrogen) atoms. The van der Waals surface area contributed by atoms with Crippen LogP contribution in [0.4, 0.5) is 4.39 Å². The van der Waals surface area contributed by atoms with Gasteiger partial charge in [-0.1, -0.05) is 34.1 Å². The van der Waals surface area contributed by atoms with Crippen molar-refractivity contribution in [2.45, 2.75) is 6.54 Å². The maximum Gasteiger partial charge on any atom is 0.249 e. The average molecular weight is 396 g/mol. The lowest BCUT2D eigenvalue weighted by atomic mass is 10.1. The van der Waals surface area contributed by atoms with Gasteiger partial charge in [0.15, 0.2) is 0 Å². The van der Waals surface area contributed by atoms with Crippen LogP contribution in [0.5, 0.6) is 0 Å². The predicted octanol–water partition coefficient (Wildman–Crippen LogP) is 4.64. The molecule has 1 heterocycles. The molecule has 0 saturated carbocycles. The third kappa shape index (κ3) is 2.61. The van der Waals surface area contributed by atoms with Gasteiger partial charge in [0.05, 0.1) is 11.0 Å². The topological polar surface area (TPSA) is 48.0 Å². The number of hydrogen-bond donors (Lipinski definition) is 1. The smallest absolute Gasteiger partial charge is 0.249 e. The second-order valence-electron chi connectivity index (χ2n) is 5.82. The van der Waals surface area contributed by atoms with Crippen molar-refractivity contribution in [1.82, 2.24) is 4.57 Å². The molecule has 0 aliphatic rings. The molecule has 4 aromatic rings. The van der Waals surface area contributed by atoms with Gasteiger partial charge in [0, 0.05) is 27.4 Å². The van der Waals surface area contributed by atoms with E-state index >= 15 is 0 Å². The van der Waals surface area contributed by atoms with Crippen LogP contribution in [0.2, 0.25) is 0 Å². The van der Waals surface area contributed by atoms with Crippen LogP contribution in [0.15, 0.2) is 59.1 Å². The van der Waals surface area contributed by atoms with Crippen molar-refractivity contribution >= 4 is 43.6 Å². The highest BCUT2D eigenvalue weighted by molar-refractivity contribution is 9.10. The fourth-order valence-corrected chi connectivity index (χ4v) is 3.59. The molecular weight excluding hydrogens is 383 g/mol. The van der Waals surface area contributed by atoms with Crippen molar-refractivity contribution < 1.29 is 9.18 Å². The van der Waals surface area contributed by atoms with Crippen molar-refractivity contribution in [2.75, 3.05) is 0 Å². The fraction of sp³-hybridized carbons (Fsp3) is 0.0500. The SMILES string of the molecule is NC(=O)c1cccc2c1c1[c]cccc1n2Cc1cc(F)ccc1Br. The summed E-state index contributed by atoms with van der Waals surface area (Å²) in [5.74, 6) is -0.766. The van der Waals surface area contributed by atoms with E-state index in [9.17, 15) is 9.18 Å². The van der Waals surface area contributed by atoms with Crippen LogP contribution in [-0.2, 0) is 6.54 Å². The number of nitrogens with two attached hydrogens (primary N) is 1. The highest BCUT2D eigenvalue weighted by Crippen LogP contribution is 2.32. The number of nitrogens with zero attached hydrogens (tertiary/aromatic N) is 1. The van der Waals surface area contributed by atoms with Crippen molar-refractivity contribution in [3.05, 3.63) is 82.1 Å². The van der Waals surface area contributed by atoms with Gasteiger partial charge in [-0.05, 0) is 48.0 Å². The van der Waals surface area contributed by atoms with E-state index in [-0.39, 0.29) is 5.82 Å². The standard InChI is InChI=1S/C20H13BrFN2O/c21-16-9-8-13(22)10-12(16)11-24-17-6-2-1-4-14(17)19-15(20(23)25)5-3-7-18(19)24/h1-3,5-10H,11H2,(H2,23,25). The van der Waals surface area contributed by atoms with Crippen molar-refractivity contribution in [3.63, 3.8) is 0 Å². The number of aromatic nitrogens is 1. The van der Waals surface area contributed by atoms with Gasteiger partial charge in [-0.25, -0.2) is 4.39 Å². The molecule has 0 bridgehead atoms. The number of carbonyl (C=O) groups is 1. The summed E-state index contributed by atoms with van der Waals surface area (Å²) in [6.07, 6.45) is 0. The van der Waals surface area contributed by atoms with E-state index in [0.717, 1.165) is 31.8 Å². The van der Waals surface area contributed by atoms with E-state index < -0.39 is 5.91 Å². The molecule has 0 fully saturated rings. The Morgan fingerprint density at radius 2 is 1.96 bits per heavy atom. The van der Waals surface area contributed by atoms with Gasteiger partial charge in [-0.3, -0.25) is 4.79 Å². The molecule has 0 aliphatic carbocycles. The molecule has 0 atom stereocenters. The lowest BCUT2D eigenvalue weighted by Crippen LogP contribution is -2.11. The Kier molecular flexibility index (Phi) is 3.81. The molecule has 0 spiro atoms. The van der Waals surface area contributed by atoms with Crippen LogP contribution in [-0.4, -0.2) is 10.5 Å². The van der Waals surface area contributed by atoms with E-state index in [1.165, 1.54) is 12.1 Å². The van der Waals surface area contributed by atoms with Gasteiger partial charge in [-0.15, -0.1) is 0 Å². The molecule has 5 heteroatoms. The van der Waals surface area contributed by atoms with Gasteiger partial charge in [-0.2, -0.15) is 0 Å². The monoisotopic (exact) mass is 395 g/mol. The van der Waals surface area contributed by atoms with Gasteiger partial charge >= 0.3 is 0 Å². The van der Waals surface area contributed by atoms with Gasteiger partial charge in [0.1, 0.15) is 5.82 Å². The Balaban J connectivity index is 2.04. The highest BCUT2D eigenvalue weighted by Gasteiger charge is 2.17. The molecule has 2 N–H and O–H groups in total. The second-order valence-corrected chi connectivity index (χ2v) is 6.67. The molecule has 123 valence electrons. The number of amides is 1. The largest absolute Gasteiger partial charge is 0.366 e. The van der Waals surface area contributed by atoms with Gasteiger partial charge < -0.3 is 10.3 Å². The summed E-state index contributed by atoms with van der Waals surface area (Å²) >= 11 is 3.48. The molecule has 1 aromatic heterocycles. The summed E-state index contributed by atoms with van der Waals surface area (Å²) in [6, 6.07) is 18.9. The van der Waals surface area contributed by atoms with E-state index in [2.05, 4.69) is 22.0 Å². The number of rotatable bonds is 3. The maximum absolute atomic E-state index is 13.7. The molecule has 3 aromatic carbocycles. The summed E-state index contributed by atoms with van der Waals surface area (Å²) < 4.78 is 16.6. The van der Waals surface area contributed by atoms with Crippen LogP contribution in [0, 0.1) is 11.9 Å². The molecule has 0 aliphatic heterocycles. The Hall–Kier alpha value is -2.66. The first kappa shape index (κ1) is 15.8. The molecule has 1 radical (unpaired) electrons. The Morgan fingerprint density at radius 3 is 2.76 bits per heavy atom. The Bertz CT molecular complexity index is 1130. The summed E-state index contributed by atoms with van der Waals surface area (Å²) in [5, 5.41) is 1.61. The predicted molar refractivity (Wildman–Crippen MR) is 100.0 cm³/mol. The van der Waals surface area contributed by atoms with Crippen LogP contribution in [0.3, 0.4) is 0 Å². The Labute approximate surface area is 152 Å².